The third-order valence-electron chi connectivity index (χ3n) is 3.01. The Morgan fingerprint density at radius 1 is 1.27 bits per heavy atom. The Kier molecular flexibility index (Phi) is 3.17. The molecule has 0 bridgehead atoms. The van der Waals surface area contributed by atoms with Crippen molar-refractivity contribution in [2.24, 2.45) is 0 Å². The SMILES string of the molecule is Cc1ccccc1C(=O)CN1CCCC1. The van der Waals surface area contributed by atoms with Crippen molar-refractivity contribution < 1.29 is 4.79 Å². The van der Waals surface area contributed by atoms with Gasteiger partial charge in [-0.1, -0.05) is 24.3 Å². The molecule has 1 fully saturated rings. The molecule has 1 aliphatic heterocycles. The van der Waals surface area contributed by atoms with Crippen LogP contribution >= 0.6 is 0 Å². The summed E-state index contributed by atoms with van der Waals surface area (Å²) in [6.07, 6.45) is 2.47. The van der Waals surface area contributed by atoms with Gasteiger partial charge in [0.15, 0.2) is 5.78 Å². The summed E-state index contributed by atoms with van der Waals surface area (Å²) < 4.78 is 0. The largest absolute Gasteiger partial charge is 0.296 e. The molecular weight excluding hydrogens is 186 g/mol. The van der Waals surface area contributed by atoms with E-state index in [9.17, 15) is 4.79 Å². The number of benzene rings is 1. The standard InChI is InChI=1S/C13H17NO/c1-11-6-2-3-7-12(11)13(15)10-14-8-4-5-9-14/h2-3,6-7H,4-5,8-10H2,1H3. The maximum Gasteiger partial charge on any atom is 0.177 e. The summed E-state index contributed by atoms with van der Waals surface area (Å²) in [6, 6.07) is 7.83. The van der Waals surface area contributed by atoms with Crippen LogP contribution in [0.2, 0.25) is 0 Å². The van der Waals surface area contributed by atoms with Gasteiger partial charge in [0.2, 0.25) is 0 Å². The Morgan fingerprint density at radius 2 is 1.93 bits per heavy atom. The molecule has 1 aromatic carbocycles. The predicted octanol–water partition coefficient (Wildman–Crippen LogP) is 2.27. The van der Waals surface area contributed by atoms with E-state index in [4.69, 9.17) is 0 Å². The number of carbonyl (C=O) groups excluding carboxylic acids is 1. The molecule has 0 saturated carbocycles. The number of hydrogen-bond acceptors (Lipinski definition) is 2. The van der Waals surface area contributed by atoms with Crippen molar-refractivity contribution in [3.63, 3.8) is 0 Å². The first-order chi connectivity index (χ1) is 7.27. The van der Waals surface area contributed by atoms with Crippen LogP contribution in [0, 0.1) is 6.92 Å². The van der Waals surface area contributed by atoms with E-state index >= 15 is 0 Å². The molecule has 0 aromatic heterocycles. The highest BCUT2D eigenvalue weighted by Gasteiger charge is 2.16. The van der Waals surface area contributed by atoms with Crippen molar-refractivity contribution in [3.05, 3.63) is 35.4 Å². The number of likely N-dealkylation sites (tertiary alicyclic amines) is 1. The zero-order chi connectivity index (χ0) is 10.7. The Bertz CT molecular complexity index is 353. The molecule has 0 atom stereocenters. The third kappa shape index (κ3) is 2.45. The molecule has 1 saturated heterocycles. The van der Waals surface area contributed by atoms with E-state index in [-0.39, 0.29) is 5.78 Å². The first kappa shape index (κ1) is 10.4. The quantitative estimate of drug-likeness (QED) is 0.702. The van der Waals surface area contributed by atoms with Crippen LogP contribution in [-0.4, -0.2) is 30.3 Å². The zero-order valence-corrected chi connectivity index (χ0v) is 9.20. The summed E-state index contributed by atoms with van der Waals surface area (Å²) in [5.74, 6) is 0.259. The molecule has 0 radical (unpaired) electrons. The van der Waals surface area contributed by atoms with Crippen LogP contribution in [-0.2, 0) is 0 Å². The molecule has 1 heterocycles. The van der Waals surface area contributed by atoms with E-state index in [0.717, 1.165) is 24.2 Å². The van der Waals surface area contributed by atoms with Gasteiger partial charge in [-0.15, -0.1) is 0 Å². The van der Waals surface area contributed by atoms with Crippen LogP contribution in [0.25, 0.3) is 0 Å². The minimum absolute atomic E-state index is 0.259. The minimum Gasteiger partial charge on any atom is -0.296 e. The molecule has 0 amide bonds. The van der Waals surface area contributed by atoms with Gasteiger partial charge >= 0.3 is 0 Å². The second-order valence-corrected chi connectivity index (χ2v) is 4.22. The highest BCUT2D eigenvalue weighted by molar-refractivity contribution is 5.98. The van der Waals surface area contributed by atoms with Crippen molar-refractivity contribution in [1.82, 2.24) is 4.90 Å². The van der Waals surface area contributed by atoms with E-state index in [1.54, 1.807) is 0 Å². The van der Waals surface area contributed by atoms with Gasteiger partial charge in [0.05, 0.1) is 6.54 Å². The number of rotatable bonds is 3. The first-order valence-electron chi connectivity index (χ1n) is 5.58. The fourth-order valence-electron chi connectivity index (χ4n) is 2.11. The number of nitrogens with zero attached hydrogens (tertiary/aromatic N) is 1. The Balaban J connectivity index is 2.04. The van der Waals surface area contributed by atoms with Gasteiger partial charge in [0.25, 0.3) is 0 Å². The number of hydrogen-bond donors (Lipinski definition) is 0. The number of aryl methyl sites for hydroxylation is 1. The van der Waals surface area contributed by atoms with Crippen molar-refractivity contribution in [3.8, 4) is 0 Å². The monoisotopic (exact) mass is 203 g/mol. The summed E-state index contributed by atoms with van der Waals surface area (Å²) in [5.41, 5.74) is 1.96. The molecule has 2 nitrogen and oxygen atoms in total. The van der Waals surface area contributed by atoms with Gasteiger partial charge in [-0.25, -0.2) is 0 Å². The van der Waals surface area contributed by atoms with Crippen molar-refractivity contribution in [2.45, 2.75) is 19.8 Å². The molecule has 80 valence electrons. The summed E-state index contributed by atoms with van der Waals surface area (Å²) in [4.78, 5) is 14.2. The Morgan fingerprint density at radius 3 is 2.60 bits per heavy atom. The lowest BCUT2D eigenvalue weighted by Crippen LogP contribution is -2.27. The number of ketones is 1. The smallest absolute Gasteiger partial charge is 0.177 e. The highest BCUT2D eigenvalue weighted by Crippen LogP contribution is 2.12. The van der Waals surface area contributed by atoms with E-state index in [0.29, 0.717) is 6.54 Å². The Hall–Kier alpha value is -1.15. The number of Topliss-reactive ketones (excluding diaryl/α,β-unsaturated/α-hetero) is 1. The predicted molar refractivity (Wildman–Crippen MR) is 61.2 cm³/mol. The van der Waals surface area contributed by atoms with E-state index < -0.39 is 0 Å². The van der Waals surface area contributed by atoms with Crippen molar-refractivity contribution >= 4 is 5.78 Å². The van der Waals surface area contributed by atoms with Crippen molar-refractivity contribution in [2.75, 3.05) is 19.6 Å². The average Bonchev–Trinajstić information content (AvgIpc) is 2.71. The third-order valence-corrected chi connectivity index (χ3v) is 3.01. The zero-order valence-electron chi connectivity index (χ0n) is 9.20. The average molecular weight is 203 g/mol. The summed E-state index contributed by atoms with van der Waals surface area (Å²) in [5, 5.41) is 0. The highest BCUT2D eigenvalue weighted by atomic mass is 16.1. The van der Waals surface area contributed by atoms with Gasteiger partial charge in [-0.2, -0.15) is 0 Å². The molecule has 1 aliphatic rings. The lowest BCUT2D eigenvalue weighted by molar-refractivity contribution is 0.0944. The van der Waals surface area contributed by atoms with Crippen LogP contribution in [0.3, 0.4) is 0 Å². The van der Waals surface area contributed by atoms with E-state index in [2.05, 4.69) is 4.90 Å². The maximum atomic E-state index is 12.0. The van der Waals surface area contributed by atoms with Crippen LogP contribution in [0.5, 0.6) is 0 Å². The topological polar surface area (TPSA) is 20.3 Å². The second kappa shape index (κ2) is 4.58. The molecule has 0 aliphatic carbocycles. The lowest BCUT2D eigenvalue weighted by atomic mass is 10.0. The summed E-state index contributed by atoms with van der Waals surface area (Å²) >= 11 is 0. The van der Waals surface area contributed by atoms with Crippen LogP contribution < -0.4 is 0 Å². The molecule has 1 aromatic rings. The normalized spacial score (nSPS) is 16.9. The summed E-state index contributed by atoms with van der Waals surface area (Å²) in [7, 11) is 0. The minimum atomic E-state index is 0.259. The molecule has 0 N–H and O–H groups in total. The van der Waals surface area contributed by atoms with Crippen molar-refractivity contribution in [1.29, 1.82) is 0 Å². The van der Waals surface area contributed by atoms with Gasteiger partial charge < -0.3 is 0 Å². The molecule has 2 heteroatoms. The van der Waals surface area contributed by atoms with Crippen LogP contribution in [0.1, 0.15) is 28.8 Å². The summed E-state index contributed by atoms with van der Waals surface area (Å²) in [6.45, 7) is 4.75. The maximum absolute atomic E-state index is 12.0. The van der Waals surface area contributed by atoms with Gasteiger partial charge in [-0.05, 0) is 38.4 Å². The Labute approximate surface area is 90.9 Å². The molecular formula is C13H17NO. The fraction of sp³-hybridized carbons (Fsp3) is 0.462. The lowest BCUT2D eigenvalue weighted by Gasteiger charge is -2.14. The van der Waals surface area contributed by atoms with Gasteiger partial charge in [-0.3, -0.25) is 9.69 Å². The molecule has 15 heavy (non-hydrogen) atoms. The molecule has 0 spiro atoms. The first-order valence-corrected chi connectivity index (χ1v) is 5.58. The van der Waals surface area contributed by atoms with Crippen LogP contribution in [0.15, 0.2) is 24.3 Å². The van der Waals surface area contributed by atoms with E-state index in [1.807, 2.05) is 31.2 Å². The second-order valence-electron chi connectivity index (χ2n) is 4.22. The molecule has 0 unspecified atom stereocenters. The van der Waals surface area contributed by atoms with E-state index in [1.165, 1.54) is 12.8 Å². The number of carbonyl (C=O) groups is 1. The van der Waals surface area contributed by atoms with Gasteiger partial charge in [0.1, 0.15) is 0 Å². The van der Waals surface area contributed by atoms with Gasteiger partial charge in [0, 0.05) is 5.56 Å². The molecule has 2 rings (SSSR count). The van der Waals surface area contributed by atoms with Crippen LogP contribution in [0.4, 0.5) is 0 Å². The fourth-order valence-corrected chi connectivity index (χ4v) is 2.11.